The molecule has 0 radical (unpaired) electrons. The summed E-state index contributed by atoms with van der Waals surface area (Å²) >= 11 is 0. The van der Waals surface area contributed by atoms with Crippen molar-refractivity contribution in [2.45, 2.75) is 33.3 Å². The zero-order valence-corrected chi connectivity index (χ0v) is 14.0. The fraction of sp³-hybridized carbons (Fsp3) is 0.263. The van der Waals surface area contributed by atoms with Crippen LogP contribution in [0, 0.1) is 6.92 Å². The molecule has 5 nitrogen and oxygen atoms in total. The second-order valence-corrected chi connectivity index (χ2v) is 5.78. The van der Waals surface area contributed by atoms with E-state index in [0.717, 1.165) is 5.56 Å². The Hall–Kier alpha value is -2.82. The molecule has 24 heavy (non-hydrogen) atoms. The van der Waals surface area contributed by atoms with Crippen molar-refractivity contribution in [3.05, 3.63) is 59.2 Å². The number of hydrogen-bond acceptors (Lipinski definition) is 3. The molecule has 2 N–H and O–H groups in total. The van der Waals surface area contributed by atoms with Gasteiger partial charge in [-0.25, -0.2) is 4.79 Å². The van der Waals surface area contributed by atoms with Crippen molar-refractivity contribution in [2.75, 3.05) is 5.32 Å². The quantitative estimate of drug-likeness (QED) is 0.849. The predicted molar refractivity (Wildman–Crippen MR) is 92.7 cm³/mol. The van der Waals surface area contributed by atoms with E-state index in [-0.39, 0.29) is 24.0 Å². The Morgan fingerprint density at radius 1 is 1.12 bits per heavy atom. The normalized spacial score (nSPS) is 10.5. The minimum Gasteiger partial charge on any atom is -0.491 e. The van der Waals surface area contributed by atoms with Crippen molar-refractivity contribution in [3.8, 4) is 5.75 Å². The maximum absolute atomic E-state index is 12.3. The summed E-state index contributed by atoms with van der Waals surface area (Å²) in [6.07, 6.45) is 0.170. The molecule has 0 fully saturated rings. The van der Waals surface area contributed by atoms with E-state index in [0.29, 0.717) is 17.0 Å². The second kappa shape index (κ2) is 7.64. The number of benzene rings is 2. The van der Waals surface area contributed by atoms with Gasteiger partial charge in [-0.1, -0.05) is 24.3 Å². The van der Waals surface area contributed by atoms with Crippen molar-refractivity contribution >= 4 is 17.6 Å². The van der Waals surface area contributed by atoms with Crippen molar-refractivity contribution in [1.82, 2.24) is 0 Å². The number of nitrogens with one attached hydrogen (secondary N) is 1. The molecule has 0 aromatic heterocycles. The molecule has 0 saturated carbocycles. The summed E-state index contributed by atoms with van der Waals surface area (Å²) in [5, 5.41) is 11.9. The molecule has 0 spiro atoms. The van der Waals surface area contributed by atoms with E-state index in [4.69, 9.17) is 9.84 Å². The molecule has 0 saturated heterocycles. The van der Waals surface area contributed by atoms with E-state index in [1.165, 1.54) is 6.07 Å². The number of anilines is 1. The van der Waals surface area contributed by atoms with Gasteiger partial charge in [-0.2, -0.15) is 0 Å². The van der Waals surface area contributed by atoms with E-state index in [9.17, 15) is 9.59 Å². The van der Waals surface area contributed by atoms with Gasteiger partial charge in [0.15, 0.2) is 0 Å². The molecule has 0 bridgehead atoms. The number of carbonyl (C=O) groups excluding carboxylic acids is 1. The lowest BCUT2D eigenvalue weighted by molar-refractivity contribution is -0.115. The molecule has 2 rings (SSSR count). The highest BCUT2D eigenvalue weighted by Crippen LogP contribution is 2.22. The van der Waals surface area contributed by atoms with Gasteiger partial charge in [0.2, 0.25) is 5.91 Å². The molecular weight excluding hydrogens is 306 g/mol. The van der Waals surface area contributed by atoms with Gasteiger partial charge >= 0.3 is 5.97 Å². The first-order valence-electron chi connectivity index (χ1n) is 7.75. The Morgan fingerprint density at radius 2 is 1.83 bits per heavy atom. The number of rotatable bonds is 6. The van der Waals surface area contributed by atoms with Crippen LogP contribution < -0.4 is 10.1 Å². The Kier molecular flexibility index (Phi) is 5.58. The number of carboxylic acid groups (broad SMARTS) is 1. The summed E-state index contributed by atoms with van der Waals surface area (Å²) < 4.78 is 5.71. The van der Waals surface area contributed by atoms with Gasteiger partial charge < -0.3 is 15.2 Å². The third kappa shape index (κ3) is 4.35. The van der Waals surface area contributed by atoms with Crippen molar-refractivity contribution in [2.24, 2.45) is 0 Å². The van der Waals surface area contributed by atoms with Gasteiger partial charge in [-0.15, -0.1) is 0 Å². The Labute approximate surface area is 141 Å². The van der Waals surface area contributed by atoms with Crippen molar-refractivity contribution < 1.29 is 19.4 Å². The average Bonchev–Trinajstić information content (AvgIpc) is 2.50. The van der Waals surface area contributed by atoms with Crippen LogP contribution in [0.4, 0.5) is 5.69 Å². The Morgan fingerprint density at radius 3 is 2.50 bits per heavy atom. The van der Waals surface area contributed by atoms with Crippen LogP contribution >= 0.6 is 0 Å². The van der Waals surface area contributed by atoms with Gasteiger partial charge in [-0.05, 0) is 44.5 Å². The number of carboxylic acids is 1. The third-order valence-electron chi connectivity index (χ3n) is 3.52. The van der Waals surface area contributed by atoms with E-state index in [2.05, 4.69) is 5.32 Å². The lowest BCUT2D eigenvalue weighted by atomic mass is 10.1. The highest BCUT2D eigenvalue weighted by Gasteiger charge is 2.14. The molecule has 0 aliphatic carbocycles. The lowest BCUT2D eigenvalue weighted by Crippen LogP contribution is -2.17. The largest absolute Gasteiger partial charge is 0.491 e. The average molecular weight is 327 g/mol. The summed E-state index contributed by atoms with van der Waals surface area (Å²) in [5.41, 5.74) is 2.00. The maximum atomic E-state index is 12.3. The van der Waals surface area contributed by atoms with Crippen LogP contribution in [0.25, 0.3) is 0 Å². The lowest BCUT2D eigenvalue weighted by Gasteiger charge is -2.15. The molecule has 5 heteroatoms. The molecule has 0 aliphatic heterocycles. The first-order valence-corrected chi connectivity index (χ1v) is 7.75. The van der Waals surface area contributed by atoms with Gasteiger partial charge in [0.25, 0.3) is 0 Å². The summed E-state index contributed by atoms with van der Waals surface area (Å²) in [7, 11) is 0. The smallest absolute Gasteiger partial charge is 0.336 e. The van der Waals surface area contributed by atoms with Gasteiger partial charge in [-0.3, -0.25) is 4.79 Å². The van der Waals surface area contributed by atoms with Crippen LogP contribution in [-0.4, -0.2) is 23.1 Å². The number of carbonyl (C=O) groups is 2. The molecular formula is C19H21NO4. The minimum atomic E-state index is -1.01. The van der Waals surface area contributed by atoms with Crippen LogP contribution in [0.15, 0.2) is 42.5 Å². The van der Waals surface area contributed by atoms with Crippen LogP contribution in [-0.2, 0) is 11.2 Å². The number of ether oxygens (including phenoxy) is 1. The first-order chi connectivity index (χ1) is 11.4. The topological polar surface area (TPSA) is 75.6 Å². The number of para-hydroxylation sites is 1. The summed E-state index contributed by atoms with van der Waals surface area (Å²) in [4.78, 5) is 23.5. The number of amides is 1. The highest BCUT2D eigenvalue weighted by molar-refractivity contribution is 5.96. The second-order valence-electron chi connectivity index (χ2n) is 5.78. The SMILES string of the molecule is Cc1c(NC(=O)Cc2ccccc2OC(C)C)cccc1C(=O)O. The summed E-state index contributed by atoms with van der Waals surface area (Å²) in [6.45, 7) is 5.53. The Balaban J connectivity index is 2.15. The van der Waals surface area contributed by atoms with Crippen molar-refractivity contribution in [1.29, 1.82) is 0 Å². The minimum absolute atomic E-state index is 0.0173. The molecule has 0 aliphatic rings. The van der Waals surface area contributed by atoms with Crippen molar-refractivity contribution in [3.63, 3.8) is 0 Å². The standard InChI is InChI=1S/C19H21NO4/c1-12(2)24-17-10-5-4-7-14(17)11-18(21)20-16-9-6-8-15(13(16)3)19(22)23/h4-10,12H,11H2,1-3H3,(H,20,21)(H,22,23). The molecule has 2 aromatic rings. The van der Waals surface area contributed by atoms with E-state index >= 15 is 0 Å². The molecule has 2 aromatic carbocycles. The third-order valence-corrected chi connectivity index (χ3v) is 3.52. The fourth-order valence-corrected chi connectivity index (χ4v) is 2.39. The van der Waals surface area contributed by atoms with E-state index < -0.39 is 5.97 Å². The van der Waals surface area contributed by atoms with Crippen LogP contribution in [0.3, 0.4) is 0 Å². The monoisotopic (exact) mass is 327 g/mol. The molecule has 0 heterocycles. The highest BCUT2D eigenvalue weighted by atomic mass is 16.5. The van der Waals surface area contributed by atoms with Crippen LogP contribution in [0.2, 0.25) is 0 Å². The van der Waals surface area contributed by atoms with E-state index in [1.54, 1.807) is 19.1 Å². The molecule has 0 unspecified atom stereocenters. The molecule has 1 amide bonds. The molecule has 126 valence electrons. The summed E-state index contributed by atoms with van der Waals surface area (Å²) in [5.74, 6) is -0.557. The first kappa shape index (κ1) is 17.5. The maximum Gasteiger partial charge on any atom is 0.336 e. The Bertz CT molecular complexity index is 753. The number of aromatic carboxylic acids is 1. The predicted octanol–water partition coefficient (Wildman–Crippen LogP) is 3.66. The van der Waals surface area contributed by atoms with Gasteiger partial charge in [0.05, 0.1) is 18.1 Å². The fourth-order valence-electron chi connectivity index (χ4n) is 2.39. The van der Waals surface area contributed by atoms with Gasteiger partial charge in [0.1, 0.15) is 5.75 Å². The zero-order valence-electron chi connectivity index (χ0n) is 14.0. The number of hydrogen-bond donors (Lipinski definition) is 2. The van der Waals surface area contributed by atoms with Crippen LogP contribution in [0.1, 0.15) is 35.3 Å². The van der Waals surface area contributed by atoms with Gasteiger partial charge in [0, 0.05) is 11.3 Å². The zero-order chi connectivity index (χ0) is 17.7. The molecule has 0 atom stereocenters. The van der Waals surface area contributed by atoms with Crippen LogP contribution in [0.5, 0.6) is 5.75 Å². The van der Waals surface area contributed by atoms with E-state index in [1.807, 2.05) is 38.1 Å². The summed E-state index contributed by atoms with van der Waals surface area (Å²) in [6, 6.07) is 12.2.